The van der Waals surface area contributed by atoms with E-state index in [4.69, 9.17) is 4.74 Å². The molecule has 2 aromatic heterocycles. The number of nitrogens with zero attached hydrogens (tertiary/aromatic N) is 3. The Bertz CT molecular complexity index is 1240. The summed E-state index contributed by atoms with van der Waals surface area (Å²) in [6, 6.07) is 19.7. The van der Waals surface area contributed by atoms with Gasteiger partial charge in [0.15, 0.2) is 5.65 Å². The molecule has 0 atom stereocenters. The summed E-state index contributed by atoms with van der Waals surface area (Å²) in [5, 5.41) is 0. The number of imidazole rings is 1. The average molecular weight is 408 g/mol. The second-order valence-electron chi connectivity index (χ2n) is 6.45. The summed E-state index contributed by atoms with van der Waals surface area (Å²) in [6.07, 6.45) is 1.70. The minimum Gasteiger partial charge on any atom is -0.497 e. The highest BCUT2D eigenvalue weighted by atomic mass is 32.2. The van der Waals surface area contributed by atoms with Crippen molar-refractivity contribution < 1.29 is 13.2 Å². The average Bonchev–Trinajstić information content (AvgIpc) is 3.10. The van der Waals surface area contributed by atoms with Crippen LogP contribution in [0.1, 0.15) is 11.4 Å². The van der Waals surface area contributed by atoms with Crippen molar-refractivity contribution in [3.05, 3.63) is 84.3 Å². The lowest BCUT2D eigenvalue weighted by atomic mass is 10.2. The molecule has 1 N–H and O–H groups in total. The first-order valence-corrected chi connectivity index (χ1v) is 10.5. The Balaban J connectivity index is 1.66. The van der Waals surface area contributed by atoms with Crippen LogP contribution in [0.15, 0.2) is 77.8 Å². The number of pyridine rings is 1. The van der Waals surface area contributed by atoms with Crippen molar-refractivity contribution in [1.29, 1.82) is 0 Å². The summed E-state index contributed by atoms with van der Waals surface area (Å²) in [7, 11) is -2.02. The highest BCUT2D eigenvalue weighted by molar-refractivity contribution is 7.89. The van der Waals surface area contributed by atoms with E-state index in [9.17, 15) is 8.42 Å². The summed E-state index contributed by atoms with van der Waals surface area (Å²) < 4.78 is 35.0. The van der Waals surface area contributed by atoms with Crippen molar-refractivity contribution in [3.8, 4) is 5.75 Å². The van der Waals surface area contributed by atoms with Crippen molar-refractivity contribution in [1.82, 2.24) is 19.3 Å². The van der Waals surface area contributed by atoms with Crippen LogP contribution in [0.4, 0.5) is 0 Å². The summed E-state index contributed by atoms with van der Waals surface area (Å²) in [4.78, 5) is 9.24. The molecule has 0 saturated carbocycles. The normalized spacial score (nSPS) is 11.6. The smallest absolute Gasteiger partial charge is 0.240 e. The molecule has 2 heterocycles. The number of nitrogens with one attached hydrogen (secondary N) is 1. The second-order valence-corrected chi connectivity index (χ2v) is 8.22. The molecule has 0 saturated heterocycles. The quantitative estimate of drug-likeness (QED) is 0.508. The lowest BCUT2D eigenvalue weighted by Gasteiger charge is -2.11. The van der Waals surface area contributed by atoms with E-state index in [-0.39, 0.29) is 11.4 Å². The van der Waals surface area contributed by atoms with Gasteiger partial charge in [-0.3, -0.25) is 0 Å². The standard InChI is InChI=1S/C21H20N4O3S/c1-28-17-8-5-7-16(13-17)15-25-20(24-19-11-6-12-22-21(19)25)14-23-29(26,27)18-9-3-2-4-10-18/h2-13,23H,14-15H2,1H3. The predicted molar refractivity (Wildman–Crippen MR) is 110 cm³/mol. The summed E-state index contributed by atoms with van der Waals surface area (Å²) >= 11 is 0. The Morgan fingerprint density at radius 3 is 2.66 bits per heavy atom. The van der Waals surface area contributed by atoms with E-state index in [1.54, 1.807) is 43.6 Å². The number of rotatable bonds is 7. The Morgan fingerprint density at radius 1 is 1.03 bits per heavy atom. The molecule has 0 fully saturated rings. The lowest BCUT2D eigenvalue weighted by molar-refractivity contribution is 0.414. The van der Waals surface area contributed by atoms with Gasteiger partial charge in [0.2, 0.25) is 10.0 Å². The fourth-order valence-electron chi connectivity index (χ4n) is 3.10. The molecule has 29 heavy (non-hydrogen) atoms. The van der Waals surface area contributed by atoms with Gasteiger partial charge >= 0.3 is 0 Å². The van der Waals surface area contributed by atoms with Crippen molar-refractivity contribution in [2.75, 3.05) is 7.11 Å². The molecule has 0 radical (unpaired) electrons. The summed E-state index contributed by atoms with van der Waals surface area (Å²) in [5.74, 6) is 1.34. The number of aromatic nitrogens is 3. The second kappa shape index (κ2) is 8.02. The number of benzene rings is 2. The first kappa shape index (κ1) is 19.1. The van der Waals surface area contributed by atoms with Gasteiger partial charge in [0, 0.05) is 6.20 Å². The number of hydrogen-bond donors (Lipinski definition) is 1. The van der Waals surface area contributed by atoms with Crippen molar-refractivity contribution >= 4 is 21.2 Å². The van der Waals surface area contributed by atoms with Gasteiger partial charge in [-0.25, -0.2) is 23.1 Å². The first-order valence-electron chi connectivity index (χ1n) is 9.04. The van der Waals surface area contributed by atoms with Gasteiger partial charge in [-0.15, -0.1) is 0 Å². The Morgan fingerprint density at radius 2 is 1.86 bits per heavy atom. The zero-order valence-corrected chi connectivity index (χ0v) is 16.6. The van der Waals surface area contributed by atoms with Crippen LogP contribution in [0.3, 0.4) is 0 Å². The SMILES string of the molecule is COc1cccc(Cn2c(CNS(=O)(=O)c3ccccc3)nc3cccnc32)c1. The van der Waals surface area contributed by atoms with Gasteiger partial charge in [0.05, 0.1) is 25.1 Å². The van der Waals surface area contributed by atoms with Gasteiger partial charge in [-0.2, -0.15) is 0 Å². The molecule has 0 unspecified atom stereocenters. The maximum absolute atomic E-state index is 12.6. The Hall–Kier alpha value is -3.23. The number of fused-ring (bicyclic) bond motifs is 1. The van der Waals surface area contributed by atoms with Gasteiger partial charge in [0.1, 0.15) is 17.1 Å². The zero-order valence-electron chi connectivity index (χ0n) is 15.8. The monoisotopic (exact) mass is 408 g/mol. The molecule has 0 aliphatic carbocycles. The van der Waals surface area contributed by atoms with Crippen molar-refractivity contribution in [2.45, 2.75) is 18.0 Å². The van der Waals surface area contributed by atoms with Crippen LogP contribution in [0.2, 0.25) is 0 Å². The van der Waals surface area contributed by atoms with Crippen molar-refractivity contribution in [2.24, 2.45) is 0 Å². The number of methoxy groups -OCH3 is 1. The lowest BCUT2D eigenvalue weighted by Crippen LogP contribution is -2.25. The van der Waals surface area contributed by atoms with E-state index in [0.29, 0.717) is 23.5 Å². The molecular weight excluding hydrogens is 388 g/mol. The number of ether oxygens (including phenoxy) is 1. The van der Waals surface area contributed by atoms with Gasteiger partial charge in [-0.1, -0.05) is 30.3 Å². The molecule has 4 aromatic rings. The van der Waals surface area contributed by atoms with Crippen LogP contribution >= 0.6 is 0 Å². The molecule has 4 rings (SSSR count). The van der Waals surface area contributed by atoms with Crippen LogP contribution in [-0.2, 0) is 23.1 Å². The first-order chi connectivity index (χ1) is 14.1. The summed E-state index contributed by atoms with van der Waals surface area (Å²) in [5.41, 5.74) is 2.41. The minimum absolute atomic E-state index is 0.0531. The topological polar surface area (TPSA) is 86.1 Å². The molecular formula is C21H20N4O3S. The Kier molecular flexibility index (Phi) is 5.28. The van der Waals surface area contributed by atoms with Crippen LogP contribution < -0.4 is 9.46 Å². The minimum atomic E-state index is -3.64. The van der Waals surface area contributed by atoms with Crippen molar-refractivity contribution in [3.63, 3.8) is 0 Å². The fourth-order valence-corrected chi connectivity index (χ4v) is 4.10. The number of hydrogen-bond acceptors (Lipinski definition) is 5. The van der Waals surface area contributed by atoms with E-state index < -0.39 is 10.0 Å². The molecule has 7 nitrogen and oxygen atoms in total. The van der Waals surface area contributed by atoms with E-state index in [1.165, 1.54) is 0 Å². The van der Waals surface area contributed by atoms with E-state index in [1.807, 2.05) is 41.0 Å². The largest absolute Gasteiger partial charge is 0.497 e. The van der Waals surface area contributed by atoms with E-state index >= 15 is 0 Å². The molecule has 0 aliphatic heterocycles. The van der Waals surface area contributed by atoms with Crippen LogP contribution in [0, 0.1) is 0 Å². The molecule has 0 spiro atoms. The van der Waals surface area contributed by atoms with Crippen LogP contribution in [-0.4, -0.2) is 30.1 Å². The van der Waals surface area contributed by atoms with Gasteiger partial charge < -0.3 is 9.30 Å². The third-order valence-corrected chi connectivity index (χ3v) is 5.95. The third kappa shape index (κ3) is 4.13. The van der Waals surface area contributed by atoms with E-state index in [0.717, 1.165) is 11.3 Å². The fraction of sp³-hybridized carbons (Fsp3) is 0.143. The molecule has 148 valence electrons. The Labute approximate surface area is 169 Å². The zero-order chi connectivity index (χ0) is 20.3. The number of sulfonamides is 1. The maximum atomic E-state index is 12.6. The van der Waals surface area contributed by atoms with Crippen LogP contribution in [0.5, 0.6) is 5.75 Å². The molecule has 2 aromatic carbocycles. The van der Waals surface area contributed by atoms with E-state index in [2.05, 4.69) is 14.7 Å². The predicted octanol–water partition coefficient (Wildman–Crippen LogP) is 2.97. The summed E-state index contributed by atoms with van der Waals surface area (Å²) in [6.45, 7) is 0.546. The van der Waals surface area contributed by atoms with Crippen LogP contribution in [0.25, 0.3) is 11.2 Å². The third-order valence-electron chi connectivity index (χ3n) is 4.53. The highest BCUT2D eigenvalue weighted by Crippen LogP contribution is 2.19. The molecule has 0 aliphatic rings. The molecule has 8 heteroatoms. The molecule has 0 amide bonds. The maximum Gasteiger partial charge on any atom is 0.240 e. The molecule has 0 bridgehead atoms. The highest BCUT2D eigenvalue weighted by Gasteiger charge is 2.17. The van der Waals surface area contributed by atoms with Gasteiger partial charge in [0.25, 0.3) is 0 Å². The van der Waals surface area contributed by atoms with Gasteiger partial charge in [-0.05, 0) is 42.0 Å².